The number of hydrogen-bond donors (Lipinski definition) is 4. The van der Waals surface area contributed by atoms with Gasteiger partial charge in [0.25, 0.3) is 5.91 Å². The van der Waals surface area contributed by atoms with Gasteiger partial charge in [-0.1, -0.05) is 13.8 Å². The molecular formula is C19H24F4N6O2. The number of nitrogens with one attached hydrogen (secondary N) is 4. The minimum atomic E-state index is -4.57. The maximum atomic E-state index is 14.3. The van der Waals surface area contributed by atoms with Crippen LogP contribution in [-0.4, -0.2) is 51.6 Å². The Balaban J connectivity index is 2.22. The van der Waals surface area contributed by atoms with Crippen LogP contribution in [0.4, 0.5) is 23.4 Å². The SMILES string of the molecule is CC(C)NC(=O)c1cc(-c2ncc(F)c(N[C@@H](C(=O)NCC(F)(F)F)C(C)C)n2)c[nH]1. The molecule has 0 bridgehead atoms. The van der Waals surface area contributed by atoms with Gasteiger partial charge in [0.05, 0.1) is 6.20 Å². The molecule has 0 aromatic carbocycles. The van der Waals surface area contributed by atoms with Gasteiger partial charge >= 0.3 is 6.18 Å². The topological polar surface area (TPSA) is 112 Å². The lowest BCUT2D eigenvalue weighted by molar-refractivity contribution is -0.139. The van der Waals surface area contributed by atoms with Gasteiger partial charge in [-0.2, -0.15) is 13.2 Å². The Morgan fingerprint density at radius 3 is 2.45 bits per heavy atom. The van der Waals surface area contributed by atoms with E-state index in [2.05, 4.69) is 25.6 Å². The highest BCUT2D eigenvalue weighted by Gasteiger charge is 2.31. The van der Waals surface area contributed by atoms with E-state index < -0.39 is 36.4 Å². The molecule has 0 aliphatic carbocycles. The highest BCUT2D eigenvalue weighted by molar-refractivity contribution is 5.93. The van der Waals surface area contributed by atoms with Crippen molar-refractivity contribution in [2.45, 2.75) is 46.0 Å². The number of aromatic amines is 1. The molecule has 2 heterocycles. The number of nitrogens with zero attached hydrogens (tertiary/aromatic N) is 2. The number of carbonyl (C=O) groups excluding carboxylic acids is 2. The van der Waals surface area contributed by atoms with E-state index in [1.54, 1.807) is 33.0 Å². The molecule has 31 heavy (non-hydrogen) atoms. The van der Waals surface area contributed by atoms with Gasteiger partial charge in [0.1, 0.15) is 18.3 Å². The average Bonchev–Trinajstić information content (AvgIpc) is 3.14. The van der Waals surface area contributed by atoms with E-state index in [9.17, 15) is 27.2 Å². The predicted molar refractivity (Wildman–Crippen MR) is 106 cm³/mol. The van der Waals surface area contributed by atoms with Crippen LogP contribution in [0.2, 0.25) is 0 Å². The van der Waals surface area contributed by atoms with Crippen LogP contribution >= 0.6 is 0 Å². The fourth-order valence-corrected chi connectivity index (χ4v) is 2.58. The highest BCUT2D eigenvalue weighted by Crippen LogP contribution is 2.21. The molecule has 2 aromatic heterocycles. The Morgan fingerprint density at radius 1 is 1.19 bits per heavy atom. The number of hydrogen-bond acceptors (Lipinski definition) is 5. The quantitative estimate of drug-likeness (QED) is 0.468. The summed E-state index contributed by atoms with van der Waals surface area (Å²) in [5.41, 5.74) is 0.636. The molecule has 0 unspecified atom stereocenters. The van der Waals surface area contributed by atoms with E-state index in [-0.39, 0.29) is 29.3 Å². The second-order valence-corrected chi connectivity index (χ2v) is 7.52. The third kappa shape index (κ3) is 6.93. The minimum Gasteiger partial charge on any atom is -0.356 e. The van der Waals surface area contributed by atoms with Gasteiger partial charge in [-0.25, -0.2) is 14.4 Å². The van der Waals surface area contributed by atoms with Crippen LogP contribution in [0.15, 0.2) is 18.5 Å². The summed E-state index contributed by atoms with van der Waals surface area (Å²) in [6.45, 7) is 5.30. The summed E-state index contributed by atoms with van der Waals surface area (Å²) in [5, 5.41) is 7.04. The summed E-state index contributed by atoms with van der Waals surface area (Å²) in [7, 11) is 0. The Kier molecular flexibility index (Phi) is 7.58. The number of anilines is 1. The van der Waals surface area contributed by atoms with Crippen molar-refractivity contribution < 1.29 is 27.2 Å². The molecular weight excluding hydrogens is 420 g/mol. The molecule has 0 aliphatic heterocycles. The van der Waals surface area contributed by atoms with Crippen molar-refractivity contribution in [1.82, 2.24) is 25.6 Å². The Labute approximate surface area is 176 Å². The van der Waals surface area contributed by atoms with E-state index in [1.165, 1.54) is 12.3 Å². The van der Waals surface area contributed by atoms with E-state index in [0.717, 1.165) is 6.20 Å². The van der Waals surface area contributed by atoms with Gasteiger partial charge in [-0.15, -0.1) is 0 Å². The zero-order valence-electron chi connectivity index (χ0n) is 17.4. The first-order chi connectivity index (χ1) is 14.4. The molecule has 0 saturated heterocycles. The van der Waals surface area contributed by atoms with E-state index in [0.29, 0.717) is 5.56 Å². The van der Waals surface area contributed by atoms with Crippen molar-refractivity contribution >= 4 is 17.6 Å². The first-order valence-electron chi connectivity index (χ1n) is 9.50. The lowest BCUT2D eigenvalue weighted by Gasteiger charge is -2.23. The molecule has 12 heteroatoms. The summed E-state index contributed by atoms with van der Waals surface area (Å²) < 4.78 is 51.4. The van der Waals surface area contributed by atoms with Crippen LogP contribution in [0.5, 0.6) is 0 Å². The van der Waals surface area contributed by atoms with E-state index in [1.807, 2.05) is 0 Å². The zero-order valence-corrected chi connectivity index (χ0v) is 17.4. The monoisotopic (exact) mass is 444 g/mol. The molecule has 0 radical (unpaired) electrons. The first kappa shape index (κ1) is 24.1. The summed E-state index contributed by atoms with van der Waals surface area (Å²) in [6, 6.07) is 0.233. The van der Waals surface area contributed by atoms with Crippen LogP contribution in [0.25, 0.3) is 11.4 Å². The Morgan fingerprint density at radius 2 is 1.87 bits per heavy atom. The van der Waals surface area contributed by atoms with Gasteiger partial charge in [0.2, 0.25) is 5.91 Å². The number of alkyl halides is 3. The Hall–Kier alpha value is -3.18. The zero-order chi connectivity index (χ0) is 23.3. The number of halogens is 4. The van der Waals surface area contributed by atoms with Crippen molar-refractivity contribution in [3.63, 3.8) is 0 Å². The molecule has 0 saturated carbocycles. The molecule has 4 N–H and O–H groups in total. The first-order valence-corrected chi connectivity index (χ1v) is 9.50. The largest absolute Gasteiger partial charge is 0.405 e. The average molecular weight is 444 g/mol. The second kappa shape index (κ2) is 9.75. The summed E-state index contributed by atoms with van der Waals surface area (Å²) in [6.07, 6.45) is -2.24. The van der Waals surface area contributed by atoms with E-state index in [4.69, 9.17) is 0 Å². The van der Waals surface area contributed by atoms with Crippen molar-refractivity contribution in [1.29, 1.82) is 0 Å². The standard InChI is InChI=1S/C19H24F4N6O2/c1-9(2)14(18(31)26-8-19(21,22)23)28-16-12(20)7-25-15(29-16)11-5-13(24-6-11)17(30)27-10(3)4/h5-7,9-10,14,24H,8H2,1-4H3,(H,26,31)(H,27,30)(H,25,28,29)/t14-/m1/s1. The number of H-pyrrole nitrogens is 1. The molecule has 0 aliphatic rings. The Bertz CT molecular complexity index is 926. The molecule has 2 amide bonds. The number of amides is 2. The maximum absolute atomic E-state index is 14.3. The van der Waals surface area contributed by atoms with E-state index >= 15 is 0 Å². The predicted octanol–water partition coefficient (Wildman–Crippen LogP) is 2.86. The molecule has 0 spiro atoms. The van der Waals surface area contributed by atoms with Crippen LogP contribution in [0.1, 0.15) is 38.2 Å². The summed E-state index contributed by atoms with van der Waals surface area (Å²) in [5.74, 6) is -2.93. The molecule has 8 nitrogen and oxygen atoms in total. The summed E-state index contributed by atoms with van der Waals surface area (Å²) in [4.78, 5) is 34.9. The van der Waals surface area contributed by atoms with Crippen molar-refractivity contribution in [3.8, 4) is 11.4 Å². The summed E-state index contributed by atoms with van der Waals surface area (Å²) >= 11 is 0. The molecule has 170 valence electrons. The number of aromatic nitrogens is 3. The molecule has 0 fully saturated rings. The number of rotatable bonds is 8. The lowest BCUT2D eigenvalue weighted by atomic mass is 10.0. The van der Waals surface area contributed by atoms with Gasteiger partial charge in [-0.3, -0.25) is 9.59 Å². The number of carbonyl (C=O) groups is 2. The van der Waals surface area contributed by atoms with Crippen molar-refractivity contribution in [2.24, 2.45) is 5.92 Å². The highest BCUT2D eigenvalue weighted by atomic mass is 19.4. The van der Waals surface area contributed by atoms with Crippen molar-refractivity contribution in [3.05, 3.63) is 30.0 Å². The van der Waals surface area contributed by atoms with Crippen LogP contribution in [0.3, 0.4) is 0 Å². The van der Waals surface area contributed by atoms with Gasteiger partial charge in [0.15, 0.2) is 17.5 Å². The van der Waals surface area contributed by atoms with Crippen LogP contribution in [0, 0.1) is 11.7 Å². The van der Waals surface area contributed by atoms with Gasteiger partial charge < -0.3 is 20.9 Å². The van der Waals surface area contributed by atoms with Gasteiger partial charge in [0, 0.05) is 17.8 Å². The maximum Gasteiger partial charge on any atom is 0.405 e. The fraction of sp³-hybridized carbons (Fsp3) is 0.474. The molecule has 1 atom stereocenters. The normalized spacial score (nSPS) is 12.7. The van der Waals surface area contributed by atoms with Crippen LogP contribution < -0.4 is 16.0 Å². The second-order valence-electron chi connectivity index (χ2n) is 7.52. The lowest BCUT2D eigenvalue weighted by Crippen LogP contribution is -2.46. The van der Waals surface area contributed by atoms with Crippen LogP contribution in [-0.2, 0) is 4.79 Å². The molecule has 2 aromatic rings. The third-order valence-corrected chi connectivity index (χ3v) is 4.05. The van der Waals surface area contributed by atoms with Gasteiger partial charge in [-0.05, 0) is 25.8 Å². The smallest absolute Gasteiger partial charge is 0.356 e. The third-order valence-electron chi connectivity index (χ3n) is 4.05. The minimum absolute atomic E-state index is 0.0574. The fourth-order valence-electron chi connectivity index (χ4n) is 2.58. The molecule has 2 rings (SSSR count). The van der Waals surface area contributed by atoms with Crippen molar-refractivity contribution in [2.75, 3.05) is 11.9 Å².